The Labute approximate surface area is 156 Å². The fourth-order valence-electron chi connectivity index (χ4n) is 4.45. The van der Waals surface area contributed by atoms with Crippen molar-refractivity contribution in [3.63, 3.8) is 0 Å². The van der Waals surface area contributed by atoms with Crippen molar-refractivity contribution >= 4 is 34.2 Å². The minimum atomic E-state index is -0.884. The zero-order valence-electron chi connectivity index (χ0n) is 15.1. The summed E-state index contributed by atoms with van der Waals surface area (Å²) in [5.41, 5.74) is 0.356. The molecule has 0 aromatic carbocycles. The van der Waals surface area contributed by atoms with Crippen molar-refractivity contribution in [2.75, 3.05) is 11.9 Å². The lowest BCUT2D eigenvalue weighted by Crippen LogP contribution is -2.49. The molecule has 4 rings (SSSR count). The van der Waals surface area contributed by atoms with Crippen LogP contribution in [0.1, 0.15) is 54.8 Å². The van der Waals surface area contributed by atoms with E-state index in [1.807, 2.05) is 6.92 Å². The number of aryl methyl sites for hydroxylation is 1. The van der Waals surface area contributed by atoms with Gasteiger partial charge in [0.1, 0.15) is 5.00 Å². The first-order chi connectivity index (χ1) is 12.5. The second-order valence-corrected chi connectivity index (χ2v) is 8.22. The number of hydrogen-bond donors (Lipinski definition) is 2. The molecule has 1 amide bonds. The van der Waals surface area contributed by atoms with E-state index in [9.17, 15) is 19.5 Å². The van der Waals surface area contributed by atoms with Gasteiger partial charge in [0.15, 0.2) is 0 Å². The molecule has 2 atom stereocenters. The molecule has 26 heavy (non-hydrogen) atoms. The SMILES string of the molecule is CCOC(=O)c1cc(CC)sc1NC(=O)[C@@H]1C2CCC(CC2)[C@@H]1C(=O)O. The van der Waals surface area contributed by atoms with Crippen molar-refractivity contribution in [1.82, 2.24) is 0 Å². The molecule has 0 spiro atoms. The maximum Gasteiger partial charge on any atom is 0.341 e. The van der Waals surface area contributed by atoms with Crippen molar-refractivity contribution in [2.24, 2.45) is 23.7 Å². The fraction of sp³-hybridized carbons (Fsp3) is 0.632. The third-order valence-electron chi connectivity index (χ3n) is 5.67. The molecule has 2 bridgehead atoms. The molecular formula is C19H25NO5S. The van der Waals surface area contributed by atoms with Crippen LogP contribution in [0.15, 0.2) is 6.07 Å². The molecule has 0 radical (unpaired) electrons. The molecule has 142 valence electrons. The highest BCUT2D eigenvalue weighted by molar-refractivity contribution is 7.16. The van der Waals surface area contributed by atoms with Crippen LogP contribution >= 0.6 is 11.3 Å². The molecule has 1 aromatic rings. The van der Waals surface area contributed by atoms with E-state index in [1.54, 1.807) is 13.0 Å². The Bertz CT molecular complexity index is 705. The molecule has 3 fully saturated rings. The van der Waals surface area contributed by atoms with Gasteiger partial charge in [-0.05, 0) is 56.9 Å². The maximum absolute atomic E-state index is 13.0. The number of nitrogens with one attached hydrogen (secondary N) is 1. The summed E-state index contributed by atoms with van der Waals surface area (Å²) in [5, 5.41) is 13.0. The van der Waals surface area contributed by atoms with E-state index in [4.69, 9.17) is 4.74 Å². The van der Waals surface area contributed by atoms with Crippen LogP contribution in [-0.2, 0) is 20.7 Å². The lowest BCUT2D eigenvalue weighted by Gasteiger charge is -2.45. The molecule has 1 heterocycles. The summed E-state index contributed by atoms with van der Waals surface area (Å²) in [6.45, 7) is 3.98. The Hall–Kier alpha value is -1.89. The van der Waals surface area contributed by atoms with Gasteiger partial charge in [-0.1, -0.05) is 6.92 Å². The number of thiophene rings is 1. The summed E-state index contributed by atoms with van der Waals surface area (Å²) >= 11 is 1.36. The zero-order valence-corrected chi connectivity index (χ0v) is 15.9. The van der Waals surface area contributed by atoms with Gasteiger partial charge in [0, 0.05) is 4.88 Å². The summed E-state index contributed by atoms with van der Waals surface area (Å²) in [7, 11) is 0. The van der Waals surface area contributed by atoms with Gasteiger partial charge in [-0.3, -0.25) is 9.59 Å². The predicted molar refractivity (Wildman–Crippen MR) is 98.3 cm³/mol. The summed E-state index contributed by atoms with van der Waals surface area (Å²) < 4.78 is 5.08. The highest BCUT2D eigenvalue weighted by atomic mass is 32.1. The van der Waals surface area contributed by atoms with Gasteiger partial charge >= 0.3 is 11.9 Å². The molecular weight excluding hydrogens is 354 g/mol. The Morgan fingerprint density at radius 3 is 2.31 bits per heavy atom. The first-order valence-electron chi connectivity index (χ1n) is 9.29. The van der Waals surface area contributed by atoms with E-state index in [1.165, 1.54) is 11.3 Å². The van der Waals surface area contributed by atoms with Crippen LogP contribution in [0.4, 0.5) is 5.00 Å². The van der Waals surface area contributed by atoms with E-state index in [2.05, 4.69) is 5.32 Å². The highest BCUT2D eigenvalue weighted by Crippen LogP contribution is 2.49. The zero-order chi connectivity index (χ0) is 18.8. The van der Waals surface area contributed by atoms with Gasteiger partial charge in [-0.25, -0.2) is 4.79 Å². The number of amides is 1. The number of anilines is 1. The molecule has 3 saturated carbocycles. The maximum atomic E-state index is 13.0. The van der Waals surface area contributed by atoms with E-state index in [0.717, 1.165) is 37.0 Å². The number of esters is 1. The molecule has 0 aliphatic heterocycles. The van der Waals surface area contributed by atoms with Crippen LogP contribution in [0.2, 0.25) is 0 Å². The molecule has 7 heteroatoms. The average Bonchev–Trinajstić information content (AvgIpc) is 3.05. The Morgan fingerprint density at radius 2 is 1.77 bits per heavy atom. The van der Waals surface area contributed by atoms with Crippen LogP contribution in [0.5, 0.6) is 0 Å². The molecule has 6 nitrogen and oxygen atoms in total. The van der Waals surface area contributed by atoms with Gasteiger partial charge in [0.25, 0.3) is 0 Å². The average molecular weight is 379 g/mol. The van der Waals surface area contributed by atoms with Crippen molar-refractivity contribution in [3.05, 3.63) is 16.5 Å². The van der Waals surface area contributed by atoms with Gasteiger partial charge in [0.05, 0.1) is 24.0 Å². The standard InChI is InChI=1S/C19H25NO5S/c1-3-12-9-13(19(24)25-4-2)17(26-12)20-16(21)14-10-5-7-11(8-6-10)15(14)18(22)23/h9-11,14-15H,3-8H2,1-2H3,(H,20,21)(H,22,23)/t10?,11?,14-,15+/m1/s1. The molecule has 2 N–H and O–H groups in total. The Kier molecular flexibility index (Phi) is 5.65. The number of ether oxygens (including phenoxy) is 1. The highest BCUT2D eigenvalue weighted by Gasteiger charge is 2.50. The van der Waals surface area contributed by atoms with Crippen LogP contribution in [-0.4, -0.2) is 29.6 Å². The Morgan fingerprint density at radius 1 is 1.15 bits per heavy atom. The van der Waals surface area contributed by atoms with E-state index in [0.29, 0.717) is 10.6 Å². The molecule has 3 aliphatic rings. The second-order valence-electron chi connectivity index (χ2n) is 7.08. The minimum absolute atomic E-state index is 0.0762. The number of carbonyl (C=O) groups excluding carboxylic acids is 2. The number of carboxylic acid groups (broad SMARTS) is 1. The van der Waals surface area contributed by atoms with Crippen molar-refractivity contribution in [2.45, 2.75) is 46.0 Å². The number of hydrogen-bond acceptors (Lipinski definition) is 5. The summed E-state index contributed by atoms with van der Waals surface area (Å²) in [6.07, 6.45) is 4.33. The van der Waals surface area contributed by atoms with Crippen molar-refractivity contribution < 1.29 is 24.2 Å². The first kappa shape index (κ1) is 18.9. The van der Waals surface area contributed by atoms with Gasteiger partial charge in [-0.2, -0.15) is 0 Å². The number of fused-ring (bicyclic) bond motifs is 3. The van der Waals surface area contributed by atoms with Gasteiger partial charge < -0.3 is 15.2 Å². The smallest absolute Gasteiger partial charge is 0.341 e. The largest absolute Gasteiger partial charge is 0.481 e. The lowest BCUT2D eigenvalue weighted by molar-refractivity contribution is -0.156. The fourth-order valence-corrected chi connectivity index (χ4v) is 5.43. The quantitative estimate of drug-likeness (QED) is 0.737. The molecule has 0 unspecified atom stereocenters. The second kappa shape index (κ2) is 7.78. The number of rotatable bonds is 6. The van der Waals surface area contributed by atoms with Crippen LogP contribution in [0.25, 0.3) is 0 Å². The summed E-state index contributed by atoms with van der Waals surface area (Å²) in [5.74, 6) is -2.59. The third-order valence-corrected chi connectivity index (χ3v) is 6.87. The van der Waals surface area contributed by atoms with E-state index >= 15 is 0 Å². The number of carboxylic acids is 1. The topological polar surface area (TPSA) is 92.7 Å². The minimum Gasteiger partial charge on any atom is -0.481 e. The van der Waals surface area contributed by atoms with Crippen molar-refractivity contribution in [1.29, 1.82) is 0 Å². The van der Waals surface area contributed by atoms with Crippen LogP contribution in [0.3, 0.4) is 0 Å². The summed E-state index contributed by atoms with van der Waals surface area (Å²) in [6, 6.07) is 1.75. The summed E-state index contributed by atoms with van der Waals surface area (Å²) in [4.78, 5) is 37.9. The molecule has 3 aliphatic carbocycles. The normalized spacial score (nSPS) is 27.2. The number of aliphatic carboxylic acids is 1. The van der Waals surface area contributed by atoms with Crippen LogP contribution in [0, 0.1) is 23.7 Å². The predicted octanol–water partition coefficient (Wildman–Crippen LogP) is 3.56. The molecule has 1 aromatic heterocycles. The number of carbonyl (C=O) groups is 3. The first-order valence-corrected chi connectivity index (χ1v) is 10.1. The van der Waals surface area contributed by atoms with Gasteiger partial charge in [-0.15, -0.1) is 11.3 Å². The third kappa shape index (κ3) is 3.49. The lowest BCUT2D eigenvalue weighted by atomic mass is 9.58. The van der Waals surface area contributed by atoms with E-state index in [-0.39, 0.29) is 24.3 Å². The van der Waals surface area contributed by atoms with Crippen molar-refractivity contribution in [3.8, 4) is 0 Å². The molecule has 0 saturated heterocycles. The van der Waals surface area contributed by atoms with E-state index < -0.39 is 23.8 Å². The van der Waals surface area contributed by atoms with Gasteiger partial charge in [0.2, 0.25) is 5.91 Å². The monoisotopic (exact) mass is 379 g/mol. The Balaban J connectivity index is 1.84. The van der Waals surface area contributed by atoms with Crippen LogP contribution < -0.4 is 5.32 Å².